The molecule has 1 unspecified atom stereocenters. The normalized spacial score (nSPS) is 16.5. The number of halogens is 4. The van der Waals surface area contributed by atoms with E-state index >= 15 is 0 Å². The molecule has 10 heteroatoms. The van der Waals surface area contributed by atoms with Crippen molar-refractivity contribution in [1.82, 2.24) is 10.2 Å². The Kier molecular flexibility index (Phi) is 6.39. The van der Waals surface area contributed by atoms with E-state index in [1.807, 2.05) is 0 Å². The minimum Gasteiger partial charge on any atom is -0.357 e. The van der Waals surface area contributed by atoms with Crippen molar-refractivity contribution in [1.29, 1.82) is 5.26 Å². The largest absolute Gasteiger partial charge is 0.417 e. The zero-order valence-electron chi connectivity index (χ0n) is 17.3. The van der Waals surface area contributed by atoms with Crippen molar-refractivity contribution in [2.24, 2.45) is 0 Å². The molecule has 2 aromatic rings. The Balaban J connectivity index is 1.92. The molecular formula is C22H20F4N4O2. The van der Waals surface area contributed by atoms with Gasteiger partial charge in [-0.1, -0.05) is 6.07 Å². The molecule has 1 N–H and O–H groups in total. The van der Waals surface area contributed by atoms with E-state index in [1.54, 1.807) is 6.92 Å². The lowest BCUT2D eigenvalue weighted by atomic mass is 10.0. The number of piperazine rings is 1. The number of carbonyl (C=O) groups excluding carboxylic acids is 2. The number of nitrogens with zero attached hydrogens (tertiary/aromatic N) is 3. The van der Waals surface area contributed by atoms with Crippen LogP contribution in [0.25, 0.3) is 0 Å². The number of rotatable bonds is 3. The fourth-order valence-electron chi connectivity index (χ4n) is 3.62. The fourth-order valence-corrected chi connectivity index (χ4v) is 3.62. The number of nitriles is 1. The molecule has 1 saturated heterocycles. The quantitative estimate of drug-likeness (QED) is 0.733. The summed E-state index contributed by atoms with van der Waals surface area (Å²) < 4.78 is 54.1. The number of amides is 2. The zero-order valence-corrected chi connectivity index (χ0v) is 17.3. The van der Waals surface area contributed by atoms with E-state index < -0.39 is 41.0 Å². The van der Waals surface area contributed by atoms with Gasteiger partial charge >= 0.3 is 6.18 Å². The van der Waals surface area contributed by atoms with E-state index in [0.29, 0.717) is 5.56 Å². The summed E-state index contributed by atoms with van der Waals surface area (Å²) in [6.45, 7) is 1.65. The average molecular weight is 448 g/mol. The van der Waals surface area contributed by atoms with Gasteiger partial charge < -0.3 is 15.1 Å². The van der Waals surface area contributed by atoms with Gasteiger partial charge in [-0.25, -0.2) is 4.39 Å². The minimum absolute atomic E-state index is 0.0708. The van der Waals surface area contributed by atoms with Crippen molar-refractivity contribution < 1.29 is 27.2 Å². The van der Waals surface area contributed by atoms with Crippen LogP contribution in [0.3, 0.4) is 0 Å². The molecule has 1 atom stereocenters. The van der Waals surface area contributed by atoms with Gasteiger partial charge in [-0.05, 0) is 42.8 Å². The molecule has 168 valence electrons. The molecule has 2 amide bonds. The van der Waals surface area contributed by atoms with Gasteiger partial charge in [0.1, 0.15) is 11.9 Å². The molecule has 0 aromatic heterocycles. The van der Waals surface area contributed by atoms with Gasteiger partial charge in [-0.15, -0.1) is 0 Å². The van der Waals surface area contributed by atoms with Gasteiger partial charge in [0, 0.05) is 31.4 Å². The maximum atomic E-state index is 13.9. The zero-order chi connectivity index (χ0) is 23.6. The number of nitrogens with one attached hydrogen (secondary N) is 1. The molecule has 0 spiro atoms. The first-order chi connectivity index (χ1) is 15.1. The Labute approximate surface area is 182 Å². The van der Waals surface area contributed by atoms with Crippen LogP contribution >= 0.6 is 0 Å². The standard InChI is InChI=1S/C22H20F4N4O2/c1-13-3-4-14(9-18(13)23)21(32)29-7-8-30(19(12-29)20(31)28-2)16-6-5-15(11-27)17(10-16)22(24,25)26/h3-6,9-10,19H,7-8,12H2,1-2H3,(H,28,31). The van der Waals surface area contributed by atoms with Crippen molar-refractivity contribution in [2.45, 2.75) is 19.1 Å². The molecule has 1 heterocycles. The number of alkyl halides is 3. The molecular weight excluding hydrogens is 428 g/mol. The molecule has 1 aliphatic heterocycles. The van der Waals surface area contributed by atoms with Crippen molar-refractivity contribution in [2.75, 3.05) is 31.6 Å². The Bertz CT molecular complexity index is 1090. The maximum Gasteiger partial charge on any atom is 0.417 e. The molecule has 1 fully saturated rings. The van der Waals surface area contributed by atoms with Crippen molar-refractivity contribution in [3.63, 3.8) is 0 Å². The van der Waals surface area contributed by atoms with Gasteiger partial charge in [0.15, 0.2) is 0 Å². The molecule has 32 heavy (non-hydrogen) atoms. The van der Waals surface area contributed by atoms with Crippen molar-refractivity contribution in [3.05, 3.63) is 64.5 Å². The first-order valence-corrected chi connectivity index (χ1v) is 9.71. The summed E-state index contributed by atoms with van der Waals surface area (Å²) >= 11 is 0. The number of carbonyl (C=O) groups is 2. The van der Waals surface area contributed by atoms with E-state index in [1.165, 1.54) is 41.1 Å². The van der Waals surface area contributed by atoms with Crippen molar-refractivity contribution in [3.8, 4) is 6.07 Å². The third-order valence-corrected chi connectivity index (χ3v) is 5.40. The van der Waals surface area contributed by atoms with Crippen LogP contribution in [0.1, 0.15) is 27.0 Å². The topological polar surface area (TPSA) is 76.4 Å². The molecule has 0 bridgehead atoms. The van der Waals surface area contributed by atoms with Gasteiger partial charge in [0.05, 0.1) is 23.7 Å². The van der Waals surface area contributed by atoms with Crippen LogP contribution in [-0.2, 0) is 11.0 Å². The molecule has 0 radical (unpaired) electrons. The minimum atomic E-state index is -4.74. The maximum absolute atomic E-state index is 13.9. The van der Waals surface area contributed by atoms with Crippen LogP contribution in [0.2, 0.25) is 0 Å². The van der Waals surface area contributed by atoms with Gasteiger partial charge in [0.25, 0.3) is 5.91 Å². The summed E-state index contributed by atoms with van der Waals surface area (Å²) in [5, 5.41) is 11.5. The Morgan fingerprint density at radius 1 is 1.16 bits per heavy atom. The summed E-state index contributed by atoms with van der Waals surface area (Å²) in [6.07, 6.45) is -4.74. The van der Waals surface area contributed by atoms with Gasteiger partial charge in [-0.2, -0.15) is 18.4 Å². The summed E-state index contributed by atoms with van der Waals surface area (Å²) in [5.41, 5.74) is -1.00. The third kappa shape index (κ3) is 4.51. The molecule has 2 aromatic carbocycles. The second-order valence-corrected chi connectivity index (χ2v) is 7.38. The predicted molar refractivity (Wildman–Crippen MR) is 108 cm³/mol. The van der Waals surface area contributed by atoms with Gasteiger partial charge in [0.2, 0.25) is 5.91 Å². The van der Waals surface area contributed by atoms with E-state index in [9.17, 15) is 27.2 Å². The lowest BCUT2D eigenvalue weighted by Gasteiger charge is -2.42. The van der Waals surface area contributed by atoms with Crippen LogP contribution in [0, 0.1) is 24.1 Å². The number of aryl methyl sites for hydroxylation is 1. The molecule has 3 rings (SSSR count). The summed E-state index contributed by atoms with van der Waals surface area (Å²) in [6, 6.07) is 7.88. The lowest BCUT2D eigenvalue weighted by Crippen LogP contribution is -2.60. The number of hydrogen-bond acceptors (Lipinski definition) is 4. The molecule has 6 nitrogen and oxygen atoms in total. The third-order valence-electron chi connectivity index (χ3n) is 5.40. The fraction of sp³-hybridized carbons (Fsp3) is 0.318. The first kappa shape index (κ1) is 23.1. The monoisotopic (exact) mass is 448 g/mol. The number of likely N-dealkylation sites (N-methyl/N-ethyl adjacent to an activating group) is 1. The van der Waals surface area contributed by atoms with E-state index in [2.05, 4.69) is 5.32 Å². The second kappa shape index (κ2) is 8.86. The highest BCUT2D eigenvalue weighted by Gasteiger charge is 2.38. The summed E-state index contributed by atoms with van der Waals surface area (Å²) in [7, 11) is 1.39. The SMILES string of the molecule is CNC(=O)C1CN(C(=O)c2ccc(C)c(F)c2)CCN1c1ccc(C#N)c(C(F)(F)F)c1. The first-order valence-electron chi connectivity index (χ1n) is 9.71. The van der Waals surface area contributed by atoms with Gasteiger partial charge in [-0.3, -0.25) is 9.59 Å². The van der Waals surface area contributed by atoms with E-state index in [4.69, 9.17) is 5.26 Å². The number of hydrogen-bond donors (Lipinski definition) is 1. The van der Waals surface area contributed by atoms with Crippen LogP contribution in [0.4, 0.5) is 23.2 Å². The predicted octanol–water partition coefficient (Wildman–Crippen LogP) is 3.10. The molecule has 0 aliphatic carbocycles. The lowest BCUT2D eigenvalue weighted by molar-refractivity contribution is -0.137. The van der Waals surface area contributed by atoms with Crippen LogP contribution < -0.4 is 10.2 Å². The number of benzene rings is 2. The highest BCUT2D eigenvalue weighted by Crippen LogP contribution is 2.35. The number of anilines is 1. The molecule has 1 aliphatic rings. The summed E-state index contributed by atoms with van der Waals surface area (Å²) in [5.74, 6) is -1.50. The second-order valence-electron chi connectivity index (χ2n) is 7.38. The highest BCUT2D eigenvalue weighted by atomic mass is 19.4. The smallest absolute Gasteiger partial charge is 0.357 e. The van der Waals surface area contributed by atoms with Crippen LogP contribution in [0.15, 0.2) is 36.4 Å². The average Bonchev–Trinajstić information content (AvgIpc) is 2.78. The van der Waals surface area contributed by atoms with Crippen molar-refractivity contribution >= 4 is 17.5 Å². The Morgan fingerprint density at radius 2 is 1.88 bits per heavy atom. The molecule has 0 saturated carbocycles. The van der Waals surface area contributed by atoms with Crippen LogP contribution in [0.5, 0.6) is 0 Å². The van der Waals surface area contributed by atoms with Crippen LogP contribution in [-0.4, -0.2) is 49.4 Å². The highest BCUT2D eigenvalue weighted by molar-refractivity contribution is 5.95. The Hall–Kier alpha value is -3.61. The van der Waals surface area contributed by atoms with E-state index in [0.717, 1.165) is 18.2 Å². The summed E-state index contributed by atoms with van der Waals surface area (Å²) in [4.78, 5) is 28.2. The Morgan fingerprint density at radius 3 is 2.47 bits per heavy atom. The van der Waals surface area contributed by atoms with E-state index in [-0.39, 0.29) is 30.9 Å².